The number of ether oxygens (including phenoxy) is 1. The van der Waals surface area contributed by atoms with E-state index in [1.54, 1.807) is 0 Å². The van der Waals surface area contributed by atoms with Crippen LogP contribution in [0.3, 0.4) is 0 Å². The molecule has 1 saturated heterocycles. The summed E-state index contributed by atoms with van der Waals surface area (Å²) < 4.78 is 5.79. The van der Waals surface area contributed by atoms with Crippen molar-refractivity contribution in [1.82, 2.24) is 15.5 Å². The van der Waals surface area contributed by atoms with Crippen LogP contribution < -0.4 is 10.6 Å². The summed E-state index contributed by atoms with van der Waals surface area (Å²) >= 11 is 0. The quantitative estimate of drug-likeness (QED) is 0.398. The Morgan fingerprint density at radius 1 is 1.38 bits per heavy atom. The van der Waals surface area contributed by atoms with E-state index >= 15 is 0 Å². The minimum atomic E-state index is -0.0327. The van der Waals surface area contributed by atoms with Gasteiger partial charge in [-0.1, -0.05) is 0 Å². The molecule has 2 atom stereocenters. The van der Waals surface area contributed by atoms with Crippen molar-refractivity contribution in [2.24, 2.45) is 10.9 Å². The molecular weight excluding hydrogens is 379 g/mol. The zero-order chi connectivity index (χ0) is 14.6. The summed E-state index contributed by atoms with van der Waals surface area (Å²) in [5.41, 5.74) is -0.0327. The number of likely N-dealkylation sites (N-methyl/N-ethyl adjacent to an activating group) is 1. The van der Waals surface area contributed by atoms with E-state index in [4.69, 9.17) is 4.74 Å². The molecule has 2 unspecified atom stereocenters. The van der Waals surface area contributed by atoms with Gasteiger partial charge in [-0.3, -0.25) is 4.99 Å². The molecule has 0 aromatic rings. The fourth-order valence-electron chi connectivity index (χ4n) is 2.92. The molecule has 6 heteroatoms. The van der Waals surface area contributed by atoms with Crippen LogP contribution in [0.4, 0.5) is 0 Å². The molecule has 124 valence electrons. The fourth-order valence-corrected chi connectivity index (χ4v) is 2.92. The summed E-state index contributed by atoms with van der Waals surface area (Å²) in [5, 5.41) is 6.86. The number of nitrogens with zero attached hydrogens (tertiary/aromatic N) is 2. The van der Waals surface area contributed by atoms with Gasteiger partial charge in [0.25, 0.3) is 0 Å². The third-order valence-electron chi connectivity index (χ3n) is 4.46. The van der Waals surface area contributed by atoms with Crippen molar-refractivity contribution >= 4 is 29.9 Å². The van der Waals surface area contributed by atoms with Gasteiger partial charge in [0.15, 0.2) is 5.96 Å². The molecule has 0 amide bonds. The Morgan fingerprint density at radius 2 is 2.10 bits per heavy atom. The largest absolute Gasteiger partial charge is 0.373 e. The van der Waals surface area contributed by atoms with Crippen LogP contribution in [0.5, 0.6) is 0 Å². The van der Waals surface area contributed by atoms with Gasteiger partial charge < -0.3 is 20.3 Å². The third kappa shape index (κ3) is 5.90. The second-order valence-electron chi connectivity index (χ2n) is 6.58. The molecule has 0 aromatic carbocycles. The molecule has 0 aromatic heterocycles. The lowest BCUT2D eigenvalue weighted by atomic mass is 10.0. The monoisotopic (exact) mass is 410 g/mol. The average Bonchev–Trinajstić information content (AvgIpc) is 3.15. The van der Waals surface area contributed by atoms with Gasteiger partial charge in [-0.05, 0) is 52.6 Å². The lowest BCUT2D eigenvalue weighted by Crippen LogP contribution is -2.49. The molecule has 0 radical (unpaired) electrons. The number of guanidine groups is 1. The zero-order valence-electron chi connectivity index (χ0n) is 13.8. The van der Waals surface area contributed by atoms with Gasteiger partial charge in [0, 0.05) is 32.8 Å². The second-order valence-corrected chi connectivity index (χ2v) is 6.58. The van der Waals surface area contributed by atoms with E-state index in [0.717, 1.165) is 44.4 Å². The molecule has 2 fully saturated rings. The SMILES string of the molecule is CN=C(NCC(C1CC1)N(C)C)NCC1(C)CCCO1.I. The lowest BCUT2D eigenvalue weighted by molar-refractivity contribution is 0.0242. The summed E-state index contributed by atoms with van der Waals surface area (Å²) in [5.74, 6) is 1.74. The minimum Gasteiger partial charge on any atom is -0.373 e. The van der Waals surface area contributed by atoms with Gasteiger partial charge in [-0.25, -0.2) is 0 Å². The van der Waals surface area contributed by atoms with E-state index in [1.165, 1.54) is 12.8 Å². The molecule has 21 heavy (non-hydrogen) atoms. The molecule has 0 bridgehead atoms. The van der Waals surface area contributed by atoms with Gasteiger partial charge in [0.1, 0.15) is 0 Å². The highest BCUT2D eigenvalue weighted by atomic mass is 127. The van der Waals surface area contributed by atoms with Gasteiger partial charge >= 0.3 is 0 Å². The van der Waals surface area contributed by atoms with Crippen LogP contribution in [-0.4, -0.2) is 63.3 Å². The molecule has 0 spiro atoms. The smallest absolute Gasteiger partial charge is 0.191 e. The average molecular weight is 410 g/mol. The Bertz CT molecular complexity index is 337. The van der Waals surface area contributed by atoms with Crippen molar-refractivity contribution in [2.75, 3.05) is 40.8 Å². The van der Waals surface area contributed by atoms with Crippen molar-refractivity contribution in [3.63, 3.8) is 0 Å². The van der Waals surface area contributed by atoms with E-state index < -0.39 is 0 Å². The number of hydrogen-bond donors (Lipinski definition) is 2. The van der Waals surface area contributed by atoms with Crippen molar-refractivity contribution in [1.29, 1.82) is 0 Å². The van der Waals surface area contributed by atoms with Crippen LogP contribution >= 0.6 is 24.0 Å². The standard InChI is InChI=1S/C15H30N4O.HI/c1-15(8-5-9-20-15)11-18-14(16-2)17-10-13(19(3)4)12-6-7-12;/h12-13H,5-11H2,1-4H3,(H2,16,17,18);1H. The summed E-state index contributed by atoms with van der Waals surface area (Å²) in [6, 6.07) is 0.604. The molecule has 1 aliphatic carbocycles. The lowest BCUT2D eigenvalue weighted by Gasteiger charge is -2.27. The summed E-state index contributed by atoms with van der Waals surface area (Å²) in [4.78, 5) is 6.63. The number of halogens is 1. The van der Waals surface area contributed by atoms with Crippen LogP contribution in [-0.2, 0) is 4.74 Å². The van der Waals surface area contributed by atoms with E-state index in [1.807, 2.05) is 7.05 Å². The third-order valence-corrected chi connectivity index (χ3v) is 4.46. The maximum Gasteiger partial charge on any atom is 0.191 e. The van der Waals surface area contributed by atoms with E-state index in [0.29, 0.717) is 6.04 Å². The van der Waals surface area contributed by atoms with Gasteiger partial charge in [-0.2, -0.15) is 0 Å². The highest BCUT2D eigenvalue weighted by Crippen LogP contribution is 2.34. The Labute approximate surface area is 146 Å². The summed E-state index contributed by atoms with van der Waals surface area (Å²) in [6.45, 7) is 4.83. The molecule has 1 aliphatic heterocycles. The topological polar surface area (TPSA) is 48.9 Å². The zero-order valence-corrected chi connectivity index (χ0v) is 16.1. The Morgan fingerprint density at radius 3 is 2.57 bits per heavy atom. The minimum absolute atomic E-state index is 0. The van der Waals surface area contributed by atoms with E-state index in [2.05, 4.69) is 41.5 Å². The van der Waals surface area contributed by atoms with E-state index in [9.17, 15) is 0 Å². The van der Waals surface area contributed by atoms with Crippen LogP contribution in [0.2, 0.25) is 0 Å². The van der Waals surface area contributed by atoms with Crippen molar-refractivity contribution in [3.8, 4) is 0 Å². The predicted octanol–water partition coefficient (Wildman–Crippen LogP) is 1.68. The normalized spacial score (nSPS) is 27.4. The maximum absolute atomic E-state index is 5.79. The second kappa shape index (κ2) is 8.53. The maximum atomic E-state index is 5.79. The number of hydrogen-bond acceptors (Lipinski definition) is 3. The van der Waals surface area contributed by atoms with Crippen molar-refractivity contribution in [3.05, 3.63) is 0 Å². The first kappa shape index (κ1) is 19.0. The first-order valence-corrected chi connectivity index (χ1v) is 7.79. The van der Waals surface area contributed by atoms with E-state index in [-0.39, 0.29) is 29.6 Å². The van der Waals surface area contributed by atoms with Gasteiger partial charge in [0.2, 0.25) is 0 Å². The molecule has 2 aliphatic rings. The van der Waals surface area contributed by atoms with Crippen molar-refractivity contribution < 1.29 is 4.74 Å². The van der Waals surface area contributed by atoms with Gasteiger partial charge in [0.05, 0.1) is 5.60 Å². The molecule has 2 rings (SSSR count). The van der Waals surface area contributed by atoms with Crippen molar-refractivity contribution in [2.45, 2.75) is 44.2 Å². The first-order chi connectivity index (χ1) is 9.54. The molecule has 2 N–H and O–H groups in total. The molecule has 1 saturated carbocycles. The first-order valence-electron chi connectivity index (χ1n) is 7.79. The molecule has 5 nitrogen and oxygen atoms in total. The van der Waals surface area contributed by atoms with Crippen LogP contribution in [0.15, 0.2) is 4.99 Å². The number of nitrogens with one attached hydrogen (secondary N) is 2. The van der Waals surface area contributed by atoms with Crippen LogP contribution in [0.1, 0.15) is 32.6 Å². The highest BCUT2D eigenvalue weighted by molar-refractivity contribution is 14.0. The summed E-state index contributed by atoms with van der Waals surface area (Å²) in [7, 11) is 6.15. The summed E-state index contributed by atoms with van der Waals surface area (Å²) in [6.07, 6.45) is 5.01. The van der Waals surface area contributed by atoms with Crippen LogP contribution in [0, 0.1) is 5.92 Å². The number of rotatable bonds is 6. The fraction of sp³-hybridized carbons (Fsp3) is 0.933. The Kier molecular flexibility index (Phi) is 7.70. The highest BCUT2D eigenvalue weighted by Gasteiger charge is 2.33. The molecular formula is C15H31IN4O. The number of aliphatic imine (C=N–C) groups is 1. The van der Waals surface area contributed by atoms with Gasteiger partial charge in [-0.15, -0.1) is 24.0 Å². The predicted molar refractivity (Wildman–Crippen MR) is 98.6 cm³/mol. The Balaban J connectivity index is 0.00000220. The molecule has 1 heterocycles. The Hall–Kier alpha value is -0.0800. The van der Waals surface area contributed by atoms with Crippen LogP contribution in [0.25, 0.3) is 0 Å².